The first kappa shape index (κ1) is 29.0. The number of aromatic nitrogens is 3. The lowest BCUT2D eigenvalue weighted by molar-refractivity contribution is -0.141. The number of hydrogen-bond acceptors (Lipinski definition) is 9. The molecule has 1 aliphatic heterocycles. The molecule has 214 valence electrons. The first-order valence-electron chi connectivity index (χ1n) is 12.1. The van der Waals surface area contributed by atoms with E-state index in [4.69, 9.17) is 9.47 Å². The molecule has 1 atom stereocenters. The van der Waals surface area contributed by atoms with Crippen LogP contribution in [-0.4, -0.2) is 56.0 Å². The van der Waals surface area contributed by atoms with Crippen molar-refractivity contribution in [3.8, 4) is 5.75 Å². The van der Waals surface area contributed by atoms with Crippen molar-refractivity contribution in [3.05, 3.63) is 53.4 Å². The molecule has 1 saturated heterocycles. The Labute approximate surface area is 230 Å². The number of hydrogen-bond donors (Lipinski definition) is 2. The molecule has 40 heavy (non-hydrogen) atoms. The predicted octanol–water partition coefficient (Wildman–Crippen LogP) is 5.78. The van der Waals surface area contributed by atoms with Gasteiger partial charge in [0.05, 0.1) is 30.2 Å². The van der Waals surface area contributed by atoms with E-state index in [1.165, 1.54) is 17.0 Å². The fourth-order valence-corrected chi connectivity index (χ4v) is 4.54. The Hall–Kier alpha value is -4.01. The highest BCUT2D eigenvalue weighted by atomic mass is 32.1. The highest BCUT2D eigenvalue weighted by Crippen LogP contribution is 2.31. The highest BCUT2D eigenvalue weighted by molar-refractivity contribution is 7.10. The van der Waals surface area contributed by atoms with Crippen molar-refractivity contribution in [2.75, 3.05) is 23.7 Å². The van der Waals surface area contributed by atoms with Gasteiger partial charge in [0.1, 0.15) is 22.5 Å². The Kier molecular flexibility index (Phi) is 8.14. The summed E-state index contributed by atoms with van der Waals surface area (Å²) in [6.07, 6.45) is -3.64. The zero-order valence-corrected chi connectivity index (χ0v) is 22.7. The number of aryl methyl sites for hydroxylation is 1. The van der Waals surface area contributed by atoms with Gasteiger partial charge in [0.25, 0.3) is 5.91 Å². The molecule has 2 amide bonds. The van der Waals surface area contributed by atoms with E-state index in [1.54, 1.807) is 27.7 Å². The van der Waals surface area contributed by atoms with Gasteiger partial charge in [-0.05, 0) is 51.4 Å². The van der Waals surface area contributed by atoms with Gasteiger partial charge in [0, 0.05) is 24.7 Å². The lowest BCUT2D eigenvalue weighted by Gasteiger charge is -2.24. The number of alkyl halides is 3. The minimum atomic E-state index is -4.63. The predicted molar refractivity (Wildman–Crippen MR) is 138 cm³/mol. The summed E-state index contributed by atoms with van der Waals surface area (Å²) in [5.41, 5.74) is -1.08. The Morgan fingerprint density at radius 2 is 1.90 bits per heavy atom. The number of benzene rings is 1. The van der Waals surface area contributed by atoms with Crippen LogP contribution >= 0.6 is 11.5 Å². The third-order valence-corrected chi connectivity index (χ3v) is 6.41. The Bertz CT molecular complexity index is 1390. The van der Waals surface area contributed by atoms with E-state index in [0.29, 0.717) is 24.9 Å². The SMILES string of the molecule is Cc1nsc(Nc2cnc(C(F)(F)F)cn2)c1C(=O)Nc1ccc(F)c(OC2CCN(C(=O)OC(C)(C)C)C2)c1. The van der Waals surface area contributed by atoms with Crippen LogP contribution in [-0.2, 0) is 10.9 Å². The molecule has 1 aliphatic rings. The normalized spacial score (nSPS) is 15.6. The Morgan fingerprint density at radius 1 is 1.15 bits per heavy atom. The van der Waals surface area contributed by atoms with Crippen molar-refractivity contribution < 1.29 is 36.6 Å². The number of nitrogens with zero attached hydrogens (tertiary/aromatic N) is 4. The van der Waals surface area contributed by atoms with Crippen LogP contribution < -0.4 is 15.4 Å². The minimum Gasteiger partial charge on any atom is -0.485 e. The summed E-state index contributed by atoms with van der Waals surface area (Å²) in [5.74, 6) is -1.36. The fraction of sp³-hybridized carbons (Fsp3) is 0.400. The summed E-state index contributed by atoms with van der Waals surface area (Å²) in [5, 5.41) is 5.65. The number of carbonyl (C=O) groups excluding carboxylic acids is 2. The second kappa shape index (κ2) is 11.2. The second-order valence-electron chi connectivity index (χ2n) is 9.94. The molecule has 0 bridgehead atoms. The van der Waals surface area contributed by atoms with Gasteiger partial charge in [-0.25, -0.2) is 19.2 Å². The average molecular weight is 583 g/mol. The number of rotatable bonds is 6. The number of carbonyl (C=O) groups is 2. The Morgan fingerprint density at radius 3 is 2.55 bits per heavy atom. The van der Waals surface area contributed by atoms with Gasteiger partial charge in [-0.1, -0.05) is 0 Å². The average Bonchev–Trinajstić information content (AvgIpc) is 3.46. The number of amides is 2. The monoisotopic (exact) mass is 582 g/mol. The second-order valence-corrected chi connectivity index (χ2v) is 10.7. The number of halogens is 4. The standard InChI is InChI=1S/C25H26F4N6O4S/c1-13-20(22(40-34-13)33-19-11-30-18(10-31-19)25(27,28)29)21(36)32-14-5-6-16(26)17(9-14)38-15-7-8-35(12-15)23(37)39-24(2,3)4/h5-6,9-11,15H,7-8,12H2,1-4H3,(H,31,33)(H,32,36). The maximum atomic E-state index is 14.5. The van der Waals surface area contributed by atoms with E-state index in [1.807, 2.05) is 0 Å². The van der Waals surface area contributed by atoms with Crippen molar-refractivity contribution in [1.29, 1.82) is 0 Å². The van der Waals surface area contributed by atoms with Crippen LogP contribution in [0.15, 0.2) is 30.6 Å². The quantitative estimate of drug-likeness (QED) is 0.351. The van der Waals surface area contributed by atoms with Crippen molar-refractivity contribution in [1.82, 2.24) is 19.2 Å². The molecular weight excluding hydrogens is 556 g/mol. The van der Waals surface area contributed by atoms with Crippen LogP contribution in [0.2, 0.25) is 0 Å². The summed E-state index contributed by atoms with van der Waals surface area (Å²) in [7, 11) is 0. The van der Waals surface area contributed by atoms with Crippen LogP contribution in [0.25, 0.3) is 0 Å². The molecular formula is C25H26F4N6O4S. The minimum absolute atomic E-state index is 0.0137. The maximum Gasteiger partial charge on any atom is 0.434 e. The van der Waals surface area contributed by atoms with Crippen LogP contribution in [0.4, 0.5) is 38.9 Å². The molecule has 15 heteroatoms. The van der Waals surface area contributed by atoms with Crippen molar-refractivity contribution >= 4 is 40.0 Å². The molecule has 2 N–H and O–H groups in total. The van der Waals surface area contributed by atoms with E-state index >= 15 is 0 Å². The molecule has 1 fully saturated rings. The molecule has 0 spiro atoms. The summed E-state index contributed by atoms with van der Waals surface area (Å²) >= 11 is 0.913. The molecule has 10 nitrogen and oxygen atoms in total. The number of anilines is 3. The first-order chi connectivity index (χ1) is 18.7. The van der Waals surface area contributed by atoms with Gasteiger partial charge < -0.3 is 25.0 Å². The molecule has 3 aromatic rings. The zero-order valence-electron chi connectivity index (χ0n) is 21.9. The summed E-state index contributed by atoms with van der Waals surface area (Å²) in [4.78, 5) is 33.9. The van der Waals surface area contributed by atoms with Gasteiger partial charge in [-0.3, -0.25) is 4.79 Å². The molecule has 3 heterocycles. The third kappa shape index (κ3) is 7.14. The van der Waals surface area contributed by atoms with Crippen LogP contribution in [0.3, 0.4) is 0 Å². The molecule has 4 rings (SSSR count). The van der Waals surface area contributed by atoms with Crippen LogP contribution in [0.5, 0.6) is 5.75 Å². The molecule has 1 unspecified atom stereocenters. The maximum absolute atomic E-state index is 14.5. The van der Waals surface area contributed by atoms with Crippen LogP contribution in [0, 0.1) is 12.7 Å². The summed E-state index contributed by atoms with van der Waals surface area (Å²) in [6, 6.07) is 3.82. The van der Waals surface area contributed by atoms with Gasteiger partial charge in [0.2, 0.25) is 0 Å². The number of nitrogens with one attached hydrogen (secondary N) is 2. The third-order valence-electron chi connectivity index (χ3n) is 5.55. The highest BCUT2D eigenvalue weighted by Gasteiger charge is 2.33. The number of likely N-dealkylation sites (tertiary alicyclic amines) is 1. The van der Waals surface area contributed by atoms with E-state index < -0.39 is 41.4 Å². The Balaban J connectivity index is 1.43. The smallest absolute Gasteiger partial charge is 0.434 e. The summed E-state index contributed by atoms with van der Waals surface area (Å²) < 4.78 is 68.1. The zero-order chi connectivity index (χ0) is 29.2. The number of ether oxygens (including phenoxy) is 2. The summed E-state index contributed by atoms with van der Waals surface area (Å²) in [6.45, 7) is 7.48. The van der Waals surface area contributed by atoms with Gasteiger partial charge in [-0.15, -0.1) is 0 Å². The van der Waals surface area contributed by atoms with Crippen molar-refractivity contribution in [2.24, 2.45) is 0 Å². The van der Waals surface area contributed by atoms with E-state index in [-0.39, 0.29) is 34.4 Å². The van der Waals surface area contributed by atoms with E-state index in [2.05, 4.69) is 25.0 Å². The van der Waals surface area contributed by atoms with Gasteiger partial charge in [0.15, 0.2) is 17.3 Å². The van der Waals surface area contributed by atoms with E-state index in [9.17, 15) is 27.2 Å². The first-order valence-corrected chi connectivity index (χ1v) is 12.8. The van der Waals surface area contributed by atoms with E-state index in [0.717, 1.165) is 23.8 Å². The topological polar surface area (TPSA) is 119 Å². The molecule has 1 aromatic carbocycles. The van der Waals surface area contributed by atoms with Crippen molar-refractivity contribution in [3.63, 3.8) is 0 Å². The molecule has 0 aliphatic carbocycles. The fourth-order valence-electron chi connectivity index (χ4n) is 3.74. The molecule has 0 saturated carbocycles. The van der Waals surface area contributed by atoms with Gasteiger partial charge >= 0.3 is 12.3 Å². The van der Waals surface area contributed by atoms with Crippen LogP contribution in [0.1, 0.15) is 48.9 Å². The van der Waals surface area contributed by atoms with Crippen molar-refractivity contribution in [2.45, 2.75) is 52.0 Å². The molecule has 0 radical (unpaired) electrons. The largest absolute Gasteiger partial charge is 0.485 e. The van der Waals surface area contributed by atoms with Gasteiger partial charge in [-0.2, -0.15) is 17.5 Å². The molecule has 2 aromatic heterocycles. The lowest BCUT2D eigenvalue weighted by Crippen LogP contribution is -2.36. The lowest BCUT2D eigenvalue weighted by atomic mass is 10.2.